The summed E-state index contributed by atoms with van der Waals surface area (Å²) in [5.74, 6) is 0.0685. The van der Waals surface area contributed by atoms with Gasteiger partial charge in [0.2, 0.25) is 5.91 Å². The van der Waals surface area contributed by atoms with Crippen molar-refractivity contribution < 1.29 is 9.59 Å². The van der Waals surface area contributed by atoms with Gasteiger partial charge in [-0.05, 0) is 13.5 Å². The average molecular weight is 262 g/mol. The molecule has 0 saturated carbocycles. The van der Waals surface area contributed by atoms with E-state index in [0.29, 0.717) is 12.0 Å². The van der Waals surface area contributed by atoms with E-state index in [4.69, 9.17) is 0 Å². The first kappa shape index (κ1) is 15.4. The molecule has 1 aromatic rings. The third-order valence-electron chi connectivity index (χ3n) is 3.16. The van der Waals surface area contributed by atoms with E-state index in [1.54, 1.807) is 14.1 Å². The highest BCUT2D eigenvalue weighted by atomic mass is 16.2. The third kappa shape index (κ3) is 4.17. The molecule has 4 heteroatoms. The van der Waals surface area contributed by atoms with Crippen molar-refractivity contribution >= 4 is 11.7 Å². The maximum Gasteiger partial charge on any atom is 0.236 e. The predicted molar refractivity (Wildman–Crippen MR) is 76.2 cm³/mol. The largest absolute Gasteiger partial charge is 0.348 e. The van der Waals surface area contributed by atoms with E-state index in [1.165, 1.54) is 4.90 Å². The lowest BCUT2D eigenvalue weighted by Crippen LogP contribution is -2.43. The molecule has 1 aromatic carbocycles. The molecule has 4 nitrogen and oxygen atoms in total. The Labute approximate surface area is 115 Å². The second-order valence-corrected chi connectivity index (χ2v) is 4.86. The van der Waals surface area contributed by atoms with E-state index >= 15 is 0 Å². The maximum atomic E-state index is 12.4. The Balaban J connectivity index is 2.77. The van der Waals surface area contributed by atoms with Crippen molar-refractivity contribution in [3.05, 3.63) is 35.9 Å². The summed E-state index contributed by atoms with van der Waals surface area (Å²) in [6.07, 6.45) is 0.685. The van der Waals surface area contributed by atoms with Crippen LogP contribution in [0.1, 0.15) is 23.7 Å². The van der Waals surface area contributed by atoms with Crippen molar-refractivity contribution in [2.45, 2.75) is 19.4 Å². The van der Waals surface area contributed by atoms with E-state index in [2.05, 4.69) is 0 Å². The first-order valence-electron chi connectivity index (χ1n) is 6.47. The van der Waals surface area contributed by atoms with Crippen LogP contribution in [0.15, 0.2) is 30.3 Å². The van der Waals surface area contributed by atoms with E-state index in [1.807, 2.05) is 49.2 Å². The number of amides is 1. The molecule has 0 aliphatic rings. The van der Waals surface area contributed by atoms with Gasteiger partial charge in [-0.3, -0.25) is 14.5 Å². The number of hydrogen-bond donors (Lipinski definition) is 0. The van der Waals surface area contributed by atoms with Crippen LogP contribution in [0.3, 0.4) is 0 Å². The number of rotatable bonds is 6. The zero-order chi connectivity index (χ0) is 14.4. The van der Waals surface area contributed by atoms with Gasteiger partial charge in [-0.1, -0.05) is 37.3 Å². The number of Topliss-reactive ketones (excluding diaryl/α,β-unsaturated/α-hetero) is 1. The molecule has 0 bridgehead atoms. The highest BCUT2D eigenvalue weighted by Crippen LogP contribution is 2.11. The van der Waals surface area contributed by atoms with Crippen LogP contribution in [-0.2, 0) is 4.79 Å². The van der Waals surface area contributed by atoms with E-state index in [-0.39, 0.29) is 24.3 Å². The van der Waals surface area contributed by atoms with Gasteiger partial charge in [-0.2, -0.15) is 0 Å². The lowest BCUT2D eigenvalue weighted by Gasteiger charge is -2.26. The van der Waals surface area contributed by atoms with Crippen LogP contribution in [0.25, 0.3) is 0 Å². The Morgan fingerprint density at radius 1 is 1.11 bits per heavy atom. The fraction of sp³-hybridized carbons (Fsp3) is 0.467. The maximum absolute atomic E-state index is 12.4. The fourth-order valence-corrected chi connectivity index (χ4v) is 1.96. The second-order valence-electron chi connectivity index (χ2n) is 4.86. The second kappa shape index (κ2) is 7.04. The smallest absolute Gasteiger partial charge is 0.236 e. The summed E-state index contributed by atoms with van der Waals surface area (Å²) in [5.41, 5.74) is 0.693. The molecule has 0 fully saturated rings. The molecule has 1 atom stereocenters. The molecule has 0 spiro atoms. The molecule has 104 valence electrons. The van der Waals surface area contributed by atoms with Crippen LogP contribution in [0, 0.1) is 0 Å². The highest BCUT2D eigenvalue weighted by Gasteiger charge is 2.24. The Morgan fingerprint density at radius 3 is 2.16 bits per heavy atom. The van der Waals surface area contributed by atoms with E-state index in [0.717, 1.165) is 0 Å². The number of carbonyl (C=O) groups excluding carboxylic acids is 2. The number of carbonyl (C=O) groups is 2. The molecular weight excluding hydrogens is 240 g/mol. The molecule has 0 aromatic heterocycles. The quantitative estimate of drug-likeness (QED) is 0.732. The van der Waals surface area contributed by atoms with Crippen molar-refractivity contribution in [1.82, 2.24) is 9.80 Å². The summed E-state index contributed by atoms with van der Waals surface area (Å²) in [5, 5.41) is 0. The molecule has 0 saturated heterocycles. The molecule has 0 aliphatic carbocycles. The molecule has 1 rings (SSSR count). The Kier molecular flexibility index (Phi) is 5.70. The minimum Gasteiger partial charge on any atom is -0.348 e. The first-order valence-corrected chi connectivity index (χ1v) is 6.47. The number of likely N-dealkylation sites (N-methyl/N-ethyl adjacent to an activating group) is 2. The monoisotopic (exact) mass is 262 g/mol. The van der Waals surface area contributed by atoms with Gasteiger partial charge in [0.25, 0.3) is 0 Å². The van der Waals surface area contributed by atoms with Crippen LogP contribution >= 0.6 is 0 Å². The molecule has 1 unspecified atom stereocenters. The zero-order valence-corrected chi connectivity index (χ0v) is 12.1. The van der Waals surface area contributed by atoms with Crippen LogP contribution in [-0.4, -0.2) is 55.2 Å². The van der Waals surface area contributed by atoms with Crippen LogP contribution in [0.4, 0.5) is 0 Å². The van der Waals surface area contributed by atoms with Crippen LogP contribution in [0.2, 0.25) is 0 Å². The minimum atomic E-state index is -0.258. The minimum absolute atomic E-state index is 0.00168. The summed E-state index contributed by atoms with van der Waals surface area (Å²) in [4.78, 5) is 27.5. The molecule has 19 heavy (non-hydrogen) atoms. The van der Waals surface area contributed by atoms with E-state index in [9.17, 15) is 9.59 Å². The fourth-order valence-electron chi connectivity index (χ4n) is 1.96. The average Bonchev–Trinajstić information content (AvgIpc) is 2.40. The lowest BCUT2D eigenvalue weighted by molar-refractivity contribution is -0.129. The Morgan fingerprint density at radius 2 is 1.68 bits per heavy atom. The Hall–Kier alpha value is -1.68. The topological polar surface area (TPSA) is 40.6 Å². The van der Waals surface area contributed by atoms with Crippen LogP contribution < -0.4 is 0 Å². The molecular formula is C15H22N2O2. The number of hydrogen-bond acceptors (Lipinski definition) is 3. The molecule has 0 N–H and O–H groups in total. The van der Waals surface area contributed by atoms with Crippen molar-refractivity contribution in [3.63, 3.8) is 0 Å². The zero-order valence-electron chi connectivity index (χ0n) is 12.1. The first-order chi connectivity index (χ1) is 8.97. The standard InChI is InChI=1S/C15H22N2O2/c1-5-13(17(4)11-14(18)16(2)3)15(19)12-9-7-6-8-10-12/h6-10,13H,5,11H2,1-4H3. The number of benzene rings is 1. The SMILES string of the molecule is CCC(C(=O)c1ccccc1)N(C)CC(=O)N(C)C. The predicted octanol–water partition coefficient (Wildman–Crippen LogP) is 1.67. The summed E-state index contributed by atoms with van der Waals surface area (Å²) in [6, 6.07) is 8.96. The normalized spacial score (nSPS) is 12.3. The van der Waals surface area contributed by atoms with Gasteiger partial charge in [0.05, 0.1) is 12.6 Å². The summed E-state index contributed by atoms with van der Waals surface area (Å²) in [7, 11) is 5.25. The summed E-state index contributed by atoms with van der Waals surface area (Å²) >= 11 is 0. The number of nitrogens with zero attached hydrogens (tertiary/aromatic N) is 2. The summed E-state index contributed by atoms with van der Waals surface area (Å²) in [6.45, 7) is 2.21. The Bertz CT molecular complexity index is 429. The molecule has 1 amide bonds. The van der Waals surface area contributed by atoms with Gasteiger partial charge in [0, 0.05) is 19.7 Å². The van der Waals surface area contributed by atoms with Gasteiger partial charge in [0.1, 0.15) is 0 Å². The van der Waals surface area contributed by atoms with Gasteiger partial charge in [-0.25, -0.2) is 0 Å². The van der Waals surface area contributed by atoms with Crippen LogP contribution in [0.5, 0.6) is 0 Å². The lowest BCUT2D eigenvalue weighted by atomic mass is 10.0. The van der Waals surface area contributed by atoms with Crippen molar-refractivity contribution in [2.24, 2.45) is 0 Å². The molecule has 0 aliphatic heterocycles. The van der Waals surface area contributed by atoms with Crippen molar-refractivity contribution in [1.29, 1.82) is 0 Å². The molecule has 0 heterocycles. The highest BCUT2D eigenvalue weighted by molar-refractivity contribution is 6.00. The third-order valence-corrected chi connectivity index (χ3v) is 3.16. The van der Waals surface area contributed by atoms with E-state index < -0.39 is 0 Å². The van der Waals surface area contributed by atoms with Gasteiger partial charge in [-0.15, -0.1) is 0 Å². The number of ketones is 1. The van der Waals surface area contributed by atoms with Gasteiger partial charge >= 0.3 is 0 Å². The molecule has 0 radical (unpaired) electrons. The van der Waals surface area contributed by atoms with Crippen molar-refractivity contribution in [3.8, 4) is 0 Å². The summed E-state index contributed by atoms with van der Waals surface area (Å²) < 4.78 is 0. The van der Waals surface area contributed by atoms with Crippen molar-refractivity contribution in [2.75, 3.05) is 27.7 Å². The van der Waals surface area contributed by atoms with Gasteiger partial charge in [0.15, 0.2) is 5.78 Å². The van der Waals surface area contributed by atoms with Gasteiger partial charge < -0.3 is 4.90 Å².